The number of rotatable bonds is 6. The molecule has 0 radical (unpaired) electrons. The van der Waals surface area contributed by atoms with Crippen LogP contribution in [0.15, 0.2) is 42.5 Å². The van der Waals surface area contributed by atoms with E-state index in [0.29, 0.717) is 24.7 Å². The number of carbonyl (C=O) groups excluding carboxylic acids is 3. The van der Waals surface area contributed by atoms with Crippen molar-refractivity contribution in [1.29, 1.82) is 0 Å². The second kappa shape index (κ2) is 9.37. The molecule has 11 nitrogen and oxygen atoms in total. The zero-order valence-corrected chi connectivity index (χ0v) is 15.7. The van der Waals surface area contributed by atoms with E-state index in [4.69, 9.17) is 9.47 Å². The highest BCUT2D eigenvalue weighted by Gasteiger charge is 2.15. The Labute approximate surface area is 170 Å². The number of benzene rings is 2. The Morgan fingerprint density at radius 2 is 1.57 bits per heavy atom. The quantitative estimate of drug-likeness (QED) is 0.470. The molecule has 0 saturated heterocycles. The topological polar surface area (TPSA) is 149 Å². The van der Waals surface area contributed by atoms with Crippen LogP contribution in [0.2, 0.25) is 0 Å². The van der Waals surface area contributed by atoms with E-state index in [2.05, 4.69) is 16.2 Å². The first-order chi connectivity index (χ1) is 14.4. The van der Waals surface area contributed by atoms with Gasteiger partial charge >= 0.3 is 0 Å². The van der Waals surface area contributed by atoms with Crippen LogP contribution in [0.25, 0.3) is 0 Å². The van der Waals surface area contributed by atoms with Crippen LogP contribution in [-0.2, 0) is 4.79 Å². The van der Waals surface area contributed by atoms with Crippen LogP contribution in [0.3, 0.4) is 0 Å². The second-order valence-electron chi connectivity index (χ2n) is 6.17. The van der Waals surface area contributed by atoms with Crippen molar-refractivity contribution < 1.29 is 28.8 Å². The number of fused-ring (bicyclic) bond motifs is 1. The van der Waals surface area contributed by atoms with Crippen molar-refractivity contribution in [3.63, 3.8) is 0 Å². The first-order valence-corrected chi connectivity index (χ1v) is 8.95. The van der Waals surface area contributed by atoms with Gasteiger partial charge < -0.3 is 14.8 Å². The van der Waals surface area contributed by atoms with Gasteiger partial charge in [0.25, 0.3) is 17.5 Å². The van der Waals surface area contributed by atoms with Gasteiger partial charge in [-0.3, -0.25) is 35.3 Å². The number of hydrogen-bond acceptors (Lipinski definition) is 7. The fourth-order valence-corrected chi connectivity index (χ4v) is 2.57. The van der Waals surface area contributed by atoms with Crippen LogP contribution < -0.4 is 25.6 Å². The van der Waals surface area contributed by atoms with Gasteiger partial charge in [0.1, 0.15) is 13.2 Å². The molecule has 0 saturated carbocycles. The lowest BCUT2D eigenvalue weighted by Crippen LogP contribution is -2.42. The van der Waals surface area contributed by atoms with Crippen LogP contribution in [0.4, 0.5) is 5.69 Å². The molecule has 1 aliphatic heterocycles. The molecule has 3 N–H and O–H groups in total. The first kappa shape index (κ1) is 20.6. The Morgan fingerprint density at radius 3 is 2.27 bits per heavy atom. The molecule has 0 aliphatic carbocycles. The van der Waals surface area contributed by atoms with E-state index < -0.39 is 22.6 Å². The standard InChI is InChI=1S/C19H18N4O7/c24-17(7-8-20-18(25)12-1-4-14(5-2-12)23(27)28)21-22-19(26)13-3-6-15-16(11-13)30-10-9-29-15/h1-6,11H,7-10H2,(H,20,25)(H,21,24)(H,22,26). The molecule has 0 spiro atoms. The predicted molar refractivity (Wildman–Crippen MR) is 103 cm³/mol. The molecule has 0 atom stereocenters. The summed E-state index contributed by atoms with van der Waals surface area (Å²) in [7, 11) is 0. The Kier molecular flexibility index (Phi) is 6.42. The maximum absolute atomic E-state index is 12.1. The lowest BCUT2D eigenvalue weighted by molar-refractivity contribution is -0.384. The molecule has 1 aliphatic rings. The third-order valence-electron chi connectivity index (χ3n) is 4.10. The summed E-state index contributed by atoms with van der Waals surface area (Å²) in [6.07, 6.45) is -0.0832. The molecule has 2 aromatic rings. The minimum atomic E-state index is -0.564. The first-order valence-electron chi connectivity index (χ1n) is 8.95. The Hall–Kier alpha value is -4.15. The lowest BCUT2D eigenvalue weighted by atomic mass is 10.2. The number of hydrazine groups is 1. The van der Waals surface area contributed by atoms with Crippen molar-refractivity contribution in [3.8, 4) is 11.5 Å². The number of non-ortho nitro benzene ring substituents is 1. The average Bonchev–Trinajstić information content (AvgIpc) is 2.77. The van der Waals surface area contributed by atoms with E-state index in [1.165, 1.54) is 30.3 Å². The molecule has 2 aromatic carbocycles. The molecule has 0 unspecified atom stereocenters. The molecular formula is C19H18N4O7. The minimum Gasteiger partial charge on any atom is -0.486 e. The van der Waals surface area contributed by atoms with E-state index >= 15 is 0 Å². The highest BCUT2D eigenvalue weighted by atomic mass is 16.6. The van der Waals surface area contributed by atoms with Gasteiger partial charge in [-0.15, -0.1) is 0 Å². The summed E-state index contributed by atoms with van der Waals surface area (Å²) in [5, 5.41) is 13.1. The third kappa shape index (κ3) is 5.22. The molecule has 0 fully saturated rings. The van der Waals surface area contributed by atoms with Gasteiger partial charge in [-0.05, 0) is 30.3 Å². The molecule has 3 amide bonds. The van der Waals surface area contributed by atoms with Crippen LogP contribution in [0.5, 0.6) is 11.5 Å². The van der Waals surface area contributed by atoms with Gasteiger partial charge in [0.2, 0.25) is 5.91 Å². The van der Waals surface area contributed by atoms with Gasteiger partial charge in [-0.25, -0.2) is 0 Å². The molecule has 156 valence electrons. The number of ether oxygens (including phenoxy) is 2. The average molecular weight is 414 g/mol. The summed E-state index contributed by atoms with van der Waals surface area (Å²) in [5.74, 6) is -0.516. The Bertz CT molecular complexity index is 975. The van der Waals surface area contributed by atoms with Crippen molar-refractivity contribution >= 4 is 23.4 Å². The SMILES string of the molecule is O=C(CCNC(=O)c1ccc([N+](=O)[O-])cc1)NNC(=O)c1ccc2c(c1)OCCO2. The van der Waals surface area contributed by atoms with E-state index in [0.717, 1.165) is 0 Å². The van der Waals surface area contributed by atoms with Crippen molar-refractivity contribution in [2.24, 2.45) is 0 Å². The third-order valence-corrected chi connectivity index (χ3v) is 4.10. The summed E-state index contributed by atoms with van der Waals surface area (Å²) in [4.78, 5) is 46.0. The Balaban J connectivity index is 1.41. The van der Waals surface area contributed by atoms with Gasteiger partial charge in [0, 0.05) is 36.2 Å². The fraction of sp³-hybridized carbons (Fsp3) is 0.211. The summed E-state index contributed by atoms with van der Waals surface area (Å²) in [6.45, 7) is 0.845. The van der Waals surface area contributed by atoms with Crippen LogP contribution in [-0.4, -0.2) is 42.4 Å². The van der Waals surface area contributed by atoms with Crippen molar-refractivity contribution in [3.05, 3.63) is 63.7 Å². The summed E-state index contributed by atoms with van der Waals surface area (Å²) >= 11 is 0. The minimum absolute atomic E-state index is 0.0154. The predicted octanol–water partition coefficient (Wildman–Crippen LogP) is 0.947. The largest absolute Gasteiger partial charge is 0.486 e. The Morgan fingerprint density at radius 1 is 0.900 bits per heavy atom. The summed E-state index contributed by atoms with van der Waals surface area (Å²) in [5.41, 5.74) is 4.93. The highest BCUT2D eigenvalue weighted by molar-refractivity contribution is 5.96. The number of nitro groups is 1. The maximum atomic E-state index is 12.1. The molecule has 0 bridgehead atoms. The zero-order valence-electron chi connectivity index (χ0n) is 15.7. The zero-order chi connectivity index (χ0) is 21.5. The maximum Gasteiger partial charge on any atom is 0.269 e. The smallest absolute Gasteiger partial charge is 0.269 e. The lowest BCUT2D eigenvalue weighted by Gasteiger charge is -2.18. The van der Waals surface area contributed by atoms with Crippen LogP contribution in [0.1, 0.15) is 27.1 Å². The van der Waals surface area contributed by atoms with E-state index in [-0.39, 0.29) is 29.8 Å². The molecule has 0 aromatic heterocycles. The molecule has 3 rings (SSSR count). The van der Waals surface area contributed by atoms with Crippen molar-refractivity contribution in [1.82, 2.24) is 16.2 Å². The normalized spacial score (nSPS) is 11.9. The number of amides is 3. The molecular weight excluding hydrogens is 396 g/mol. The van der Waals surface area contributed by atoms with E-state index in [1.807, 2.05) is 0 Å². The number of nitro benzene ring substituents is 1. The molecule has 11 heteroatoms. The van der Waals surface area contributed by atoms with Crippen LogP contribution in [0, 0.1) is 10.1 Å². The van der Waals surface area contributed by atoms with E-state index in [1.54, 1.807) is 12.1 Å². The van der Waals surface area contributed by atoms with Gasteiger partial charge in [-0.2, -0.15) is 0 Å². The summed E-state index contributed by atoms with van der Waals surface area (Å²) < 4.78 is 10.8. The number of carbonyl (C=O) groups is 3. The van der Waals surface area contributed by atoms with Gasteiger partial charge in [-0.1, -0.05) is 0 Å². The number of nitrogens with one attached hydrogen (secondary N) is 3. The van der Waals surface area contributed by atoms with Gasteiger partial charge in [0.05, 0.1) is 4.92 Å². The van der Waals surface area contributed by atoms with Crippen molar-refractivity contribution in [2.45, 2.75) is 6.42 Å². The van der Waals surface area contributed by atoms with E-state index in [9.17, 15) is 24.5 Å². The van der Waals surface area contributed by atoms with Crippen molar-refractivity contribution in [2.75, 3.05) is 19.8 Å². The van der Waals surface area contributed by atoms with Gasteiger partial charge in [0.15, 0.2) is 11.5 Å². The van der Waals surface area contributed by atoms with Crippen LogP contribution >= 0.6 is 0 Å². The summed E-state index contributed by atoms with van der Waals surface area (Å²) in [6, 6.07) is 9.74. The molecule has 1 heterocycles. The molecule has 30 heavy (non-hydrogen) atoms. The monoisotopic (exact) mass is 414 g/mol. The second-order valence-corrected chi connectivity index (χ2v) is 6.17. The highest BCUT2D eigenvalue weighted by Crippen LogP contribution is 2.30. The number of nitrogens with zero attached hydrogens (tertiary/aromatic N) is 1. The number of hydrogen-bond donors (Lipinski definition) is 3. The fourth-order valence-electron chi connectivity index (χ4n) is 2.57.